The first-order valence-electron chi connectivity index (χ1n) is 3.80. The van der Waals surface area contributed by atoms with Gasteiger partial charge in [0.15, 0.2) is 0 Å². The van der Waals surface area contributed by atoms with Crippen LogP contribution in [0.15, 0.2) is 12.3 Å². The molecule has 0 bridgehead atoms. The van der Waals surface area contributed by atoms with Crippen LogP contribution in [0.1, 0.15) is 5.82 Å². The second kappa shape index (κ2) is 3.90. The lowest BCUT2D eigenvalue weighted by atomic mass is 10.3. The maximum atomic E-state index is 8.82. The number of aromatic nitrogens is 2. The minimum atomic E-state index is -0.116. The number of hydrogen-bond acceptors (Lipinski definition) is 3. The summed E-state index contributed by atoms with van der Waals surface area (Å²) in [5.74, 6) is 0.512. The summed E-state index contributed by atoms with van der Waals surface area (Å²) in [5, 5.41) is 8.82. The third kappa shape index (κ3) is 1.79. The fourth-order valence-corrected chi connectivity index (χ4v) is 2.60. The number of rotatable bonds is 2. The van der Waals surface area contributed by atoms with Gasteiger partial charge in [-0.25, -0.2) is 4.98 Å². The molecule has 2 rings (SSSR count). The molecule has 0 aliphatic carbocycles. The van der Waals surface area contributed by atoms with E-state index in [2.05, 4.69) is 9.97 Å². The molecule has 0 saturated carbocycles. The van der Waals surface area contributed by atoms with Gasteiger partial charge >= 0.3 is 0 Å². The fraction of sp³-hybridized carbons (Fsp3) is 0.125. The zero-order chi connectivity index (χ0) is 10.1. The maximum absolute atomic E-state index is 8.82. The summed E-state index contributed by atoms with van der Waals surface area (Å²) in [6.07, 6.45) is 1.62. The van der Waals surface area contributed by atoms with Crippen molar-refractivity contribution >= 4 is 34.5 Å². The number of aliphatic hydroxyl groups excluding tert-OH is 1. The Labute approximate surface area is 94.3 Å². The summed E-state index contributed by atoms with van der Waals surface area (Å²) in [4.78, 5) is 6.89. The molecule has 74 valence electrons. The molecule has 3 nitrogen and oxygen atoms in total. The van der Waals surface area contributed by atoms with E-state index < -0.39 is 0 Å². The average molecular weight is 249 g/mol. The molecule has 0 aliphatic heterocycles. The van der Waals surface area contributed by atoms with E-state index in [4.69, 9.17) is 28.3 Å². The monoisotopic (exact) mass is 248 g/mol. The molecule has 2 aromatic rings. The lowest BCUT2D eigenvalue weighted by molar-refractivity contribution is 0.272. The molecule has 0 saturated heterocycles. The minimum absolute atomic E-state index is 0.116. The van der Waals surface area contributed by atoms with Gasteiger partial charge in [0.25, 0.3) is 0 Å². The molecular weight excluding hydrogens is 243 g/mol. The Morgan fingerprint density at radius 1 is 1.50 bits per heavy atom. The van der Waals surface area contributed by atoms with Gasteiger partial charge in [0.2, 0.25) is 0 Å². The SMILES string of the molecule is OCc1ncc(-c2cc(Cl)sc2Cl)[nH]1. The Kier molecular flexibility index (Phi) is 2.78. The zero-order valence-corrected chi connectivity index (χ0v) is 9.25. The summed E-state index contributed by atoms with van der Waals surface area (Å²) in [6, 6.07) is 1.77. The highest BCUT2D eigenvalue weighted by atomic mass is 35.5. The Bertz CT molecular complexity index is 452. The predicted octanol–water partition coefficient (Wildman–Crippen LogP) is 2.94. The van der Waals surface area contributed by atoms with Gasteiger partial charge in [-0.3, -0.25) is 0 Å². The van der Waals surface area contributed by atoms with Crippen LogP contribution in [0.25, 0.3) is 11.3 Å². The van der Waals surface area contributed by atoms with E-state index in [0.717, 1.165) is 11.3 Å². The normalized spacial score (nSPS) is 10.8. The van der Waals surface area contributed by atoms with Crippen molar-refractivity contribution in [3.05, 3.63) is 26.8 Å². The summed E-state index contributed by atoms with van der Waals surface area (Å²) < 4.78 is 1.24. The molecule has 0 fully saturated rings. The van der Waals surface area contributed by atoms with E-state index >= 15 is 0 Å². The predicted molar refractivity (Wildman–Crippen MR) is 57.8 cm³/mol. The van der Waals surface area contributed by atoms with E-state index in [1.54, 1.807) is 12.3 Å². The first-order valence-corrected chi connectivity index (χ1v) is 5.38. The van der Waals surface area contributed by atoms with Crippen LogP contribution >= 0.6 is 34.5 Å². The van der Waals surface area contributed by atoms with Gasteiger partial charge < -0.3 is 10.1 Å². The molecule has 0 aromatic carbocycles. The molecule has 2 N–H and O–H groups in total. The van der Waals surface area contributed by atoms with Gasteiger partial charge in [-0.2, -0.15) is 0 Å². The first-order chi connectivity index (χ1) is 6.70. The van der Waals surface area contributed by atoms with Crippen LogP contribution in [0.4, 0.5) is 0 Å². The van der Waals surface area contributed by atoms with E-state index in [9.17, 15) is 0 Å². The van der Waals surface area contributed by atoms with E-state index in [1.807, 2.05) is 0 Å². The van der Waals surface area contributed by atoms with Crippen molar-refractivity contribution in [3.63, 3.8) is 0 Å². The highest BCUT2D eigenvalue weighted by Gasteiger charge is 2.10. The second-order valence-electron chi connectivity index (χ2n) is 2.64. The number of thiophene rings is 1. The highest BCUT2D eigenvalue weighted by Crippen LogP contribution is 2.37. The van der Waals surface area contributed by atoms with Gasteiger partial charge in [-0.05, 0) is 6.07 Å². The molecule has 0 radical (unpaired) electrons. The molecule has 2 aromatic heterocycles. The molecule has 0 spiro atoms. The van der Waals surface area contributed by atoms with Gasteiger partial charge in [-0.15, -0.1) is 11.3 Å². The average Bonchev–Trinajstić information content (AvgIpc) is 2.71. The number of hydrogen-bond donors (Lipinski definition) is 2. The van der Waals surface area contributed by atoms with Crippen LogP contribution in [-0.2, 0) is 6.61 Å². The van der Waals surface area contributed by atoms with E-state index in [0.29, 0.717) is 14.5 Å². The van der Waals surface area contributed by atoms with Crippen molar-refractivity contribution in [2.45, 2.75) is 6.61 Å². The number of aromatic amines is 1. The van der Waals surface area contributed by atoms with Crippen LogP contribution in [0.5, 0.6) is 0 Å². The Hall–Kier alpha value is -0.550. The van der Waals surface area contributed by atoms with Crippen LogP contribution in [0.2, 0.25) is 8.67 Å². The maximum Gasteiger partial charge on any atom is 0.132 e. The molecule has 14 heavy (non-hydrogen) atoms. The van der Waals surface area contributed by atoms with Gasteiger partial charge in [0, 0.05) is 5.56 Å². The fourth-order valence-electron chi connectivity index (χ4n) is 1.10. The van der Waals surface area contributed by atoms with Crippen molar-refractivity contribution < 1.29 is 5.11 Å². The number of nitrogens with one attached hydrogen (secondary N) is 1. The Morgan fingerprint density at radius 3 is 2.79 bits per heavy atom. The van der Waals surface area contributed by atoms with Crippen LogP contribution in [0, 0.1) is 0 Å². The second-order valence-corrected chi connectivity index (χ2v) is 4.93. The molecule has 6 heteroatoms. The van der Waals surface area contributed by atoms with Crippen molar-refractivity contribution in [1.29, 1.82) is 0 Å². The topological polar surface area (TPSA) is 48.9 Å². The molecular formula is C8H6Cl2N2OS. The van der Waals surface area contributed by atoms with E-state index in [-0.39, 0.29) is 6.61 Å². The number of nitrogens with zero attached hydrogens (tertiary/aromatic N) is 1. The van der Waals surface area contributed by atoms with Crippen LogP contribution in [-0.4, -0.2) is 15.1 Å². The van der Waals surface area contributed by atoms with Gasteiger partial charge in [-0.1, -0.05) is 23.2 Å². The summed E-state index contributed by atoms with van der Waals surface area (Å²) in [7, 11) is 0. The Morgan fingerprint density at radius 2 is 2.29 bits per heavy atom. The molecule has 0 amide bonds. The van der Waals surface area contributed by atoms with Crippen molar-refractivity contribution in [2.24, 2.45) is 0 Å². The van der Waals surface area contributed by atoms with Crippen molar-refractivity contribution in [2.75, 3.05) is 0 Å². The van der Waals surface area contributed by atoms with Crippen molar-refractivity contribution in [1.82, 2.24) is 9.97 Å². The molecule has 0 atom stereocenters. The Balaban J connectivity index is 2.43. The number of H-pyrrole nitrogens is 1. The number of halogens is 2. The molecule has 0 aliphatic rings. The minimum Gasteiger partial charge on any atom is -0.388 e. The smallest absolute Gasteiger partial charge is 0.132 e. The van der Waals surface area contributed by atoms with Crippen molar-refractivity contribution in [3.8, 4) is 11.3 Å². The number of aliphatic hydroxyl groups is 1. The lowest BCUT2D eigenvalue weighted by Gasteiger charge is -1.91. The largest absolute Gasteiger partial charge is 0.388 e. The highest BCUT2D eigenvalue weighted by molar-refractivity contribution is 7.20. The van der Waals surface area contributed by atoms with Crippen LogP contribution < -0.4 is 0 Å². The summed E-state index contributed by atoms with van der Waals surface area (Å²) >= 11 is 13.1. The zero-order valence-electron chi connectivity index (χ0n) is 6.92. The third-order valence-corrected chi connectivity index (χ3v) is 3.21. The first kappa shape index (κ1) is 9.98. The van der Waals surface area contributed by atoms with Gasteiger partial charge in [0.05, 0.1) is 16.2 Å². The van der Waals surface area contributed by atoms with E-state index in [1.165, 1.54) is 11.3 Å². The van der Waals surface area contributed by atoms with Crippen LogP contribution in [0.3, 0.4) is 0 Å². The standard InChI is InChI=1S/C8H6Cl2N2OS/c9-6-1-4(8(10)14-6)5-2-11-7(3-13)12-5/h1-2,13H,3H2,(H,11,12). The third-order valence-electron chi connectivity index (χ3n) is 1.73. The number of imidazole rings is 1. The molecule has 0 unspecified atom stereocenters. The summed E-state index contributed by atoms with van der Waals surface area (Å²) in [6.45, 7) is -0.116. The lowest BCUT2D eigenvalue weighted by Crippen LogP contribution is -1.84. The quantitative estimate of drug-likeness (QED) is 0.859. The van der Waals surface area contributed by atoms with Gasteiger partial charge in [0.1, 0.15) is 16.8 Å². The molecule has 2 heterocycles. The summed E-state index contributed by atoms with van der Waals surface area (Å²) in [5.41, 5.74) is 1.58.